The van der Waals surface area contributed by atoms with Gasteiger partial charge in [-0.05, 0) is 41.3 Å². The molecule has 0 unspecified atom stereocenters. The molecule has 0 bridgehead atoms. The highest BCUT2D eigenvalue weighted by molar-refractivity contribution is 5.77. The van der Waals surface area contributed by atoms with Crippen LogP contribution in [0.5, 0.6) is 17.2 Å². The van der Waals surface area contributed by atoms with Gasteiger partial charge in [0.05, 0.1) is 27.4 Å². The van der Waals surface area contributed by atoms with Gasteiger partial charge in [0, 0.05) is 13.0 Å². The van der Waals surface area contributed by atoms with Crippen molar-refractivity contribution in [1.29, 1.82) is 0 Å². The van der Waals surface area contributed by atoms with Crippen LogP contribution in [0.4, 0.5) is 0 Å². The van der Waals surface area contributed by atoms with Crippen LogP contribution in [0, 0.1) is 0 Å². The van der Waals surface area contributed by atoms with Gasteiger partial charge >= 0.3 is 0 Å². The fourth-order valence-corrected chi connectivity index (χ4v) is 2.94. The minimum absolute atomic E-state index is 0.435. The van der Waals surface area contributed by atoms with E-state index in [0.29, 0.717) is 24.0 Å². The molecule has 2 aromatic rings. The van der Waals surface area contributed by atoms with Crippen molar-refractivity contribution in [3.8, 4) is 17.2 Å². The molecule has 26 heavy (non-hydrogen) atoms. The summed E-state index contributed by atoms with van der Waals surface area (Å²) in [5, 5.41) is 3.16. The van der Waals surface area contributed by atoms with Crippen LogP contribution in [0.25, 0.3) is 0 Å². The molecule has 2 aromatic carbocycles. The molecule has 1 heterocycles. The van der Waals surface area contributed by atoms with Gasteiger partial charge in [0.2, 0.25) is 0 Å². The lowest BCUT2D eigenvalue weighted by Crippen LogP contribution is -2.33. The number of guanidine groups is 1. The van der Waals surface area contributed by atoms with E-state index in [9.17, 15) is 0 Å². The van der Waals surface area contributed by atoms with Crippen LogP contribution in [0.1, 0.15) is 16.7 Å². The minimum atomic E-state index is 0.435. The Kier molecular flexibility index (Phi) is 5.84. The zero-order chi connectivity index (χ0) is 18.4. The molecule has 138 valence electrons. The first-order valence-electron chi connectivity index (χ1n) is 8.69. The van der Waals surface area contributed by atoms with Gasteiger partial charge in [-0.25, -0.2) is 4.99 Å². The maximum Gasteiger partial charge on any atom is 0.188 e. The molecule has 1 aliphatic heterocycles. The third-order valence-corrected chi connectivity index (χ3v) is 4.35. The monoisotopic (exact) mass is 355 g/mol. The summed E-state index contributed by atoms with van der Waals surface area (Å²) in [5.41, 5.74) is 9.53. The van der Waals surface area contributed by atoms with E-state index in [0.717, 1.165) is 37.3 Å². The molecule has 0 amide bonds. The summed E-state index contributed by atoms with van der Waals surface area (Å²) < 4.78 is 16.1. The van der Waals surface area contributed by atoms with Crippen LogP contribution in [-0.4, -0.2) is 33.3 Å². The lowest BCUT2D eigenvalue weighted by molar-refractivity contribution is 0.354. The predicted molar refractivity (Wildman–Crippen MR) is 102 cm³/mol. The standard InChI is InChI=1S/C20H25N3O3/c1-24-18-6-4-15(12-19(18)25-2)13-23-20(21)22-9-7-14-3-5-17-16(11-14)8-10-26-17/h3-6,11-12H,7-10,13H2,1-2H3,(H3,21,22,23). The number of rotatable bonds is 7. The van der Waals surface area contributed by atoms with Gasteiger partial charge in [-0.3, -0.25) is 0 Å². The number of ether oxygens (including phenoxy) is 3. The van der Waals surface area contributed by atoms with E-state index < -0.39 is 0 Å². The molecule has 3 rings (SSSR count). The normalized spacial score (nSPS) is 13.1. The zero-order valence-corrected chi connectivity index (χ0v) is 15.2. The van der Waals surface area contributed by atoms with E-state index in [2.05, 4.69) is 22.4 Å². The van der Waals surface area contributed by atoms with Gasteiger partial charge in [0.15, 0.2) is 17.5 Å². The fraction of sp³-hybridized carbons (Fsp3) is 0.350. The summed E-state index contributed by atoms with van der Waals surface area (Å²) in [6, 6.07) is 12.1. The van der Waals surface area contributed by atoms with E-state index >= 15 is 0 Å². The second kappa shape index (κ2) is 8.47. The number of nitrogens with one attached hydrogen (secondary N) is 1. The molecule has 0 radical (unpaired) electrons. The molecule has 0 saturated heterocycles. The maximum absolute atomic E-state index is 5.97. The molecule has 0 aromatic heterocycles. The average molecular weight is 355 g/mol. The van der Waals surface area contributed by atoms with Gasteiger partial charge in [0.25, 0.3) is 0 Å². The highest BCUT2D eigenvalue weighted by Gasteiger charge is 2.11. The predicted octanol–water partition coefficient (Wildman–Crippen LogP) is 2.29. The van der Waals surface area contributed by atoms with Crippen LogP contribution in [-0.2, 0) is 19.4 Å². The summed E-state index contributed by atoms with van der Waals surface area (Å²) in [4.78, 5) is 4.38. The lowest BCUT2D eigenvalue weighted by Gasteiger charge is -2.09. The molecular weight excluding hydrogens is 330 g/mol. The number of benzene rings is 2. The first-order chi connectivity index (χ1) is 12.7. The number of aliphatic imine (C=N–C) groups is 1. The average Bonchev–Trinajstić information content (AvgIpc) is 3.14. The fourth-order valence-electron chi connectivity index (χ4n) is 2.94. The Balaban J connectivity index is 1.49. The number of methoxy groups -OCH3 is 2. The molecule has 3 N–H and O–H groups in total. The van der Waals surface area contributed by atoms with Gasteiger partial charge in [-0.1, -0.05) is 18.2 Å². The Morgan fingerprint density at radius 1 is 1.12 bits per heavy atom. The Bertz CT molecular complexity index is 790. The molecule has 0 spiro atoms. The SMILES string of the molecule is COc1ccc(CN=C(N)NCCc2ccc3c(c2)CCO3)cc1OC. The second-order valence-electron chi connectivity index (χ2n) is 6.11. The van der Waals surface area contributed by atoms with Gasteiger partial charge < -0.3 is 25.3 Å². The maximum atomic E-state index is 5.97. The van der Waals surface area contributed by atoms with Crippen molar-refractivity contribution in [2.24, 2.45) is 10.7 Å². The van der Waals surface area contributed by atoms with Crippen LogP contribution in [0.3, 0.4) is 0 Å². The first kappa shape index (κ1) is 17.9. The zero-order valence-electron chi connectivity index (χ0n) is 15.2. The molecule has 0 fully saturated rings. The van der Waals surface area contributed by atoms with Gasteiger partial charge in [-0.15, -0.1) is 0 Å². The first-order valence-corrected chi connectivity index (χ1v) is 8.69. The van der Waals surface area contributed by atoms with Gasteiger partial charge in [-0.2, -0.15) is 0 Å². The molecule has 6 nitrogen and oxygen atoms in total. The molecule has 1 aliphatic rings. The van der Waals surface area contributed by atoms with Crippen molar-refractivity contribution in [3.63, 3.8) is 0 Å². The topological polar surface area (TPSA) is 78.1 Å². The van der Waals surface area contributed by atoms with Crippen LogP contribution in [0.15, 0.2) is 41.4 Å². The van der Waals surface area contributed by atoms with Crippen LogP contribution in [0.2, 0.25) is 0 Å². The number of hydrogen-bond donors (Lipinski definition) is 2. The van der Waals surface area contributed by atoms with Crippen LogP contribution < -0.4 is 25.3 Å². The van der Waals surface area contributed by atoms with E-state index in [-0.39, 0.29) is 0 Å². The summed E-state index contributed by atoms with van der Waals surface area (Å²) in [5.74, 6) is 2.83. The van der Waals surface area contributed by atoms with Crippen molar-refractivity contribution in [1.82, 2.24) is 5.32 Å². The summed E-state index contributed by atoms with van der Waals surface area (Å²) in [7, 11) is 3.23. The molecule has 0 atom stereocenters. The molecule has 0 aliphatic carbocycles. The number of hydrogen-bond acceptors (Lipinski definition) is 4. The number of nitrogens with two attached hydrogens (primary N) is 1. The number of nitrogens with zero attached hydrogens (tertiary/aromatic N) is 1. The lowest BCUT2D eigenvalue weighted by atomic mass is 10.1. The largest absolute Gasteiger partial charge is 0.493 e. The summed E-state index contributed by atoms with van der Waals surface area (Å²) in [6.07, 6.45) is 1.88. The van der Waals surface area contributed by atoms with Crippen molar-refractivity contribution in [2.45, 2.75) is 19.4 Å². The minimum Gasteiger partial charge on any atom is -0.493 e. The smallest absolute Gasteiger partial charge is 0.188 e. The van der Waals surface area contributed by atoms with Crippen molar-refractivity contribution >= 4 is 5.96 Å². The third-order valence-electron chi connectivity index (χ3n) is 4.35. The summed E-state index contributed by atoms with van der Waals surface area (Å²) in [6.45, 7) is 2.00. The van der Waals surface area contributed by atoms with E-state index in [4.69, 9.17) is 19.9 Å². The third kappa shape index (κ3) is 4.39. The molecular formula is C20H25N3O3. The Morgan fingerprint density at radius 2 is 1.92 bits per heavy atom. The Labute approximate surface area is 154 Å². The van der Waals surface area contributed by atoms with E-state index in [1.165, 1.54) is 11.1 Å². The Hall–Kier alpha value is -2.89. The highest BCUT2D eigenvalue weighted by Crippen LogP contribution is 2.28. The van der Waals surface area contributed by atoms with E-state index in [1.54, 1.807) is 14.2 Å². The summed E-state index contributed by atoms with van der Waals surface area (Å²) >= 11 is 0. The molecule has 6 heteroatoms. The van der Waals surface area contributed by atoms with Crippen molar-refractivity contribution in [2.75, 3.05) is 27.4 Å². The van der Waals surface area contributed by atoms with Crippen molar-refractivity contribution < 1.29 is 14.2 Å². The Morgan fingerprint density at radius 3 is 2.73 bits per heavy atom. The highest BCUT2D eigenvalue weighted by atomic mass is 16.5. The van der Waals surface area contributed by atoms with Crippen molar-refractivity contribution in [3.05, 3.63) is 53.1 Å². The quantitative estimate of drug-likeness (QED) is 0.588. The molecule has 0 saturated carbocycles. The van der Waals surface area contributed by atoms with Crippen LogP contribution >= 0.6 is 0 Å². The second-order valence-corrected chi connectivity index (χ2v) is 6.11. The van der Waals surface area contributed by atoms with E-state index in [1.807, 2.05) is 24.3 Å². The van der Waals surface area contributed by atoms with Gasteiger partial charge in [0.1, 0.15) is 5.75 Å². The number of fused-ring (bicyclic) bond motifs is 1.